The Morgan fingerprint density at radius 1 is 1.03 bits per heavy atom. The first-order chi connectivity index (χ1) is 16.4. The monoisotopic (exact) mass is 482 g/mol. The Labute approximate surface area is 199 Å². The molecule has 1 aliphatic heterocycles. The predicted octanol–water partition coefficient (Wildman–Crippen LogP) is 4.48. The van der Waals surface area contributed by atoms with Crippen LogP contribution in [0.1, 0.15) is 42.9 Å². The third-order valence-electron chi connectivity index (χ3n) is 5.04. The molecule has 34 heavy (non-hydrogen) atoms. The lowest BCUT2D eigenvalue weighted by atomic mass is 10.1. The number of hydrogen-bond donors (Lipinski definition) is 2. The van der Waals surface area contributed by atoms with Crippen molar-refractivity contribution in [2.24, 2.45) is 0 Å². The number of para-hydroxylation sites is 2. The van der Waals surface area contributed by atoms with E-state index in [1.165, 1.54) is 7.11 Å². The zero-order chi connectivity index (χ0) is 24.2. The van der Waals surface area contributed by atoms with Crippen LogP contribution in [0, 0.1) is 6.92 Å². The van der Waals surface area contributed by atoms with Crippen LogP contribution >= 0.6 is 11.3 Å². The maximum atomic E-state index is 13.1. The minimum Gasteiger partial charge on any atom is -0.492 e. The summed E-state index contributed by atoms with van der Waals surface area (Å²) in [4.78, 5) is 38.8. The Morgan fingerprint density at radius 2 is 1.79 bits per heavy atom. The van der Waals surface area contributed by atoms with Crippen molar-refractivity contribution in [1.29, 1.82) is 0 Å². The number of ether oxygens (including phenoxy) is 4. The standard InChI is InChI=1S/C24H22N2O7S/c1-4-31-16-8-6-5-7-15(16)25-22(28)20-13(2)19(24(29)30-3)23(34-20)26-21(27)14-9-10-17-18(11-14)33-12-32-17/h5-11H,4,12H2,1-3H3,(H,25,28)(H,26,27). The molecule has 0 fully saturated rings. The molecule has 176 valence electrons. The van der Waals surface area contributed by atoms with Gasteiger partial charge in [0.15, 0.2) is 11.5 Å². The molecule has 2 heterocycles. The molecule has 9 nitrogen and oxygen atoms in total. The molecule has 10 heteroatoms. The van der Waals surface area contributed by atoms with E-state index in [1.54, 1.807) is 49.4 Å². The van der Waals surface area contributed by atoms with Crippen molar-refractivity contribution in [2.45, 2.75) is 13.8 Å². The zero-order valence-electron chi connectivity index (χ0n) is 18.7. The van der Waals surface area contributed by atoms with Gasteiger partial charge in [0.1, 0.15) is 10.8 Å². The topological polar surface area (TPSA) is 112 Å². The van der Waals surface area contributed by atoms with E-state index >= 15 is 0 Å². The third kappa shape index (κ3) is 4.53. The Bertz CT molecular complexity index is 1270. The first-order valence-electron chi connectivity index (χ1n) is 10.4. The maximum absolute atomic E-state index is 13.1. The molecule has 0 bridgehead atoms. The van der Waals surface area contributed by atoms with Crippen LogP contribution in [0.4, 0.5) is 10.7 Å². The second-order valence-electron chi connectivity index (χ2n) is 7.16. The quantitative estimate of drug-likeness (QED) is 0.478. The number of esters is 1. The summed E-state index contributed by atoms with van der Waals surface area (Å²) in [6, 6.07) is 11.8. The van der Waals surface area contributed by atoms with Gasteiger partial charge < -0.3 is 29.6 Å². The lowest BCUT2D eigenvalue weighted by Gasteiger charge is -2.11. The number of carbonyl (C=O) groups is 3. The van der Waals surface area contributed by atoms with Crippen LogP contribution in [0.15, 0.2) is 42.5 Å². The summed E-state index contributed by atoms with van der Waals surface area (Å²) >= 11 is 0.983. The largest absolute Gasteiger partial charge is 0.492 e. The van der Waals surface area contributed by atoms with Gasteiger partial charge in [-0.1, -0.05) is 12.1 Å². The first kappa shape index (κ1) is 23.1. The minimum atomic E-state index is -0.663. The van der Waals surface area contributed by atoms with Crippen molar-refractivity contribution in [2.75, 3.05) is 31.1 Å². The number of rotatable bonds is 7. The van der Waals surface area contributed by atoms with E-state index in [-0.39, 0.29) is 22.2 Å². The smallest absolute Gasteiger partial charge is 0.341 e. The van der Waals surface area contributed by atoms with Crippen LogP contribution < -0.4 is 24.8 Å². The van der Waals surface area contributed by atoms with Gasteiger partial charge in [0, 0.05) is 5.56 Å². The van der Waals surface area contributed by atoms with E-state index < -0.39 is 17.8 Å². The second-order valence-corrected chi connectivity index (χ2v) is 8.18. The Balaban J connectivity index is 1.63. The molecule has 4 rings (SSSR count). The predicted molar refractivity (Wildman–Crippen MR) is 126 cm³/mol. The number of nitrogens with one attached hydrogen (secondary N) is 2. The molecule has 2 N–H and O–H groups in total. The summed E-state index contributed by atoms with van der Waals surface area (Å²) in [7, 11) is 1.24. The summed E-state index contributed by atoms with van der Waals surface area (Å²) < 4.78 is 21.0. The number of benzene rings is 2. The van der Waals surface area contributed by atoms with Crippen molar-refractivity contribution in [1.82, 2.24) is 0 Å². The number of amides is 2. The van der Waals surface area contributed by atoms with Crippen LogP contribution in [0.2, 0.25) is 0 Å². The van der Waals surface area contributed by atoms with Gasteiger partial charge in [-0.2, -0.15) is 0 Å². The van der Waals surface area contributed by atoms with E-state index in [1.807, 2.05) is 6.92 Å². The number of thiophene rings is 1. The molecule has 2 amide bonds. The highest BCUT2D eigenvalue weighted by molar-refractivity contribution is 7.19. The Hall–Kier alpha value is -4.05. The molecule has 1 aliphatic rings. The van der Waals surface area contributed by atoms with E-state index in [9.17, 15) is 14.4 Å². The third-order valence-corrected chi connectivity index (χ3v) is 6.25. The zero-order valence-corrected chi connectivity index (χ0v) is 19.5. The van der Waals surface area contributed by atoms with Crippen LogP contribution in [-0.4, -0.2) is 38.3 Å². The molecule has 1 aromatic heterocycles. The molecule has 3 aromatic rings. The fourth-order valence-electron chi connectivity index (χ4n) is 3.41. The Morgan fingerprint density at radius 3 is 2.56 bits per heavy atom. The van der Waals surface area contributed by atoms with Gasteiger partial charge in [0.05, 0.1) is 29.8 Å². The molecule has 0 spiro atoms. The number of methoxy groups -OCH3 is 1. The molecule has 0 atom stereocenters. The average molecular weight is 483 g/mol. The highest BCUT2D eigenvalue weighted by Crippen LogP contribution is 2.36. The van der Waals surface area contributed by atoms with Crippen LogP contribution in [0.3, 0.4) is 0 Å². The highest BCUT2D eigenvalue weighted by Gasteiger charge is 2.27. The number of hydrogen-bond acceptors (Lipinski definition) is 8. The molecule has 0 saturated carbocycles. The average Bonchev–Trinajstić information content (AvgIpc) is 3.43. The summed E-state index contributed by atoms with van der Waals surface area (Å²) in [5.41, 5.74) is 1.31. The summed E-state index contributed by atoms with van der Waals surface area (Å²) in [5.74, 6) is -0.0522. The fraction of sp³-hybridized carbons (Fsp3) is 0.208. The van der Waals surface area contributed by atoms with Gasteiger partial charge in [0.25, 0.3) is 11.8 Å². The molecular weight excluding hydrogens is 460 g/mol. The summed E-state index contributed by atoms with van der Waals surface area (Å²) in [6.07, 6.45) is 0. The number of carbonyl (C=O) groups excluding carboxylic acids is 3. The van der Waals surface area contributed by atoms with Crippen LogP contribution in [0.25, 0.3) is 0 Å². The maximum Gasteiger partial charge on any atom is 0.341 e. The summed E-state index contributed by atoms with van der Waals surface area (Å²) in [6.45, 7) is 4.00. The van der Waals surface area contributed by atoms with E-state index in [0.29, 0.717) is 40.7 Å². The van der Waals surface area contributed by atoms with Gasteiger partial charge in [-0.05, 0) is 49.7 Å². The molecule has 0 aliphatic carbocycles. The van der Waals surface area contributed by atoms with E-state index in [0.717, 1.165) is 11.3 Å². The van der Waals surface area contributed by atoms with Crippen LogP contribution in [-0.2, 0) is 4.74 Å². The first-order valence-corrected chi connectivity index (χ1v) is 11.2. The molecule has 2 aromatic carbocycles. The minimum absolute atomic E-state index is 0.0852. The van der Waals surface area contributed by atoms with Crippen molar-refractivity contribution in [3.8, 4) is 17.2 Å². The van der Waals surface area contributed by atoms with Crippen molar-refractivity contribution >= 4 is 39.8 Å². The lowest BCUT2D eigenvalue weighted by molar-refractivity contribution is 0.0601. The lowest BCUT2D eigenvalue weighted by Crippen LogP contribution is -2.14. The molecular formula is C24H22N2O7S. The SMILES string of the molecule is CCOc1ccccc1NC(=O)c1sc(NC(=O)c2ccc3c(c2)OCO3)c(C(=O)OC)c1C. The van der Waals surface area contributed by atoms with Gasteiger partial charge in [-0.15, -0.1) is 11.3 Å². The normalized spacial score (nSPS) is 11.6. The van der Waals surface area contributed by atoms with Crippen molar-refractivity contribution in [3.63, 3.8) is 0 Å². The van der Waals surface area contributed by atoms with Gasteiger partial charge in [-0.3, -0.25) is 9.59 Å². The second kappa shape index (κ2) is 9.84. The van der Waals surface area contributed by atoms with Crippen molar-refractivity contribution < 1.29 is 33.3 Å². The summed E-state index contributed by atoms with van der Waals surface area (Å²) in [5, 5.41) is 5.74. The Kier molecular flexibility index (Phi) is 6.69. The fourth-order valence-corrected chi connectivity index (χ4v) is 4.49. The van der Waals surface area contributed by atoms with Gasteiger partial charge in [-0.25, -0.2) is 4.79 Å². The highest BCUT2D eigenvalue weighted by atomic mass is 32.1. The van der Waals surface area contributed by atoms with Crippen LogP contribution in [0.5, 0.6) is 17.2 Å². The van der Waals surface area contributed by atoms with Crippen molar-refractivity contribution in [3.05, 3.63) is 64.0 Å². The molecule has 0 radical (unpaired) electrons. The number of fused-ring (bicyclic) bond motifs is 1. The molecule has 0 saturated heterocycles. The van der Waals surface area contributed by atoms with E-state index in [4.69, 9.17) is 18.9 Å². The number of anilines is 2. The van der Waals surface area contributed by atoms with Gasteiger partial charge >= 0.3 is 5.97 Å². The molecule has 0 unspecified atom stereocenters. The van der Waals surface area contributed by atoms with Gasteiger partial charge in [0.2, 0.25) is 6.79 Å². The van der Waals surface area contributed by atoms with E-state index in [2.05, 4.69) is 10.6 Å².